The van der Waals surface area contributed by atoms with Crippen LogP contribution < -0.4 is 0 Å². The second kappa shape index (κ2) is 4.78. The number of aromatic nitrogens is 1. The van der Waals surface area contributed by atoms with Crippen molar-refractivity contribution < 1.29 is 14.3 Å². The molecule has 4 heteroatoms. The molecule has 0 spiro atoms. The maximum Gasteiger partial charge on any atom is 0.309 e. The van der Waals surface area contributed by atoms with Crippen molar-refractivity contribution in [2.45, 2.75) is 26.4 Å². The minimum Gasteiger partial charge on any atom is -0.454 e. The maximum atomic E-state index is 12.4. The molecule has 104 valence electrons. The third-order valence-electron chi connectivity index (χ3n) is 3.93. The third kappa shape index (κ3) is 2.22. The van der Waals surface area contributed by atoms with E-state index in [9.17, 15) is 9.59 Å². The van der Waals surface area contributed by atoms with Crippen LogP contribution in [0.15, 0.2) is 30.5 Å². The Bertz CT molecular complexity index is 673. The Labute approximate surface area is 117 Å². The number of H-pyrrole nitrogens is 1. The van der Waals surface area contributed by atoms with Gasteiger partial charge >= 0.3 is 5.97 Å². The van der Waals surface area contributed by atoms with Gasteiger partial charge in [0.2, 0.25) is 5.78 Å². The van der Waals surface area contributed by atoms with Gasteiger partial charge in [-0.25, -0.2) is 0 Å². The lowest BCUT2D eigenvalue weighted by molar-refractivity contribution is -0.148. The Kier molecular flexibility index (Phi) is 3.08. The fourth-order valence-electron chi connectivity index (χ4n) is 2.46. The molecule has 4 nitrogen and oxygen atoms in total. The predicted molar refractivity (Wildman–Crippen MR) is 75.5 cm³/mol. The first kappa shape index (κ1) is 12.9. The second-order valence-electron chi connectivity index (χ2n) is 5.51. The lowest BCUT2D eigenvalue weighted by atomic mass is 10.1. The van der Waals surface area contributed by atoms with Crippen LogP contribution in [-0.2, 0) is 9.53 Å². The molecule has 1 heterocycles. The molecule has 2 aromatic rings. The Hall–Kier alpha value is -2.10. The molecule has 1 aliphatic rings. The zero-order chi connectivity index (χ0) is 14.3. The van der Waals surface area contributed by atoms with E-state index in [0.717, 1.165) is 17.3 Å². The average molecular weight is 271 g/mol. The monoisotopic (exact) mass is 271 g/mol. The van der Waals surface area contributed by atoms with Gasteiger partial charge in [0.1, 0.15) is 0 Å². The topological polar surface area (TPSA) is 59.2 Å². The average Bonchev–Trinajstić information content (AvgIpc) is 3.02. The van der Waals surface area contributed by atoms with Crippen molar-refractivity contribution in [1.29, 1.82) is 0 Å². The molecule has 1 N–H and O–H groups in total. The van der Waals surface area contributed by atoms with Gasteiger partial charge in [0.15, 0.2) is 6.10 Å². The highest BCUT2D eigenvalue weighted by Gasteiger charge is 2.41. The van der Waals surface area contributed by atoms with E-state index in [1.54, 1.807) is 13.1 Å². The number of ether oxygens (including phenoxy) is 1. The summed E-state index contributed by atoms with van der Waals surface area (Å²) in [6.07, 6.45) is 1.80. The van der Waals surface area contributed by atoms with Gasteiger partial charge < -0.3 is 9.72 Å². The molecule has 0 saturated heterocycles. The van der Waals surface area contributed by atoms with Crippen molar-refractivity contribution in [3.8, 4) is 0 Å². The zero-order valence-electron chi connectivity index (χ0n) is 11.6. The zero-order valence-corrected chi connectivity index (χ0v) is 11.6. The number of hydrogen-bond acceptors (Lipinski definition) is 3. The number of rotatable bonds is 4. The highest BCUT2D eigenvalue weighted by molar-refractivity contribution is 6.10. The van der Waals surface area contributed by atoms with Crippen LogP contribution in [0.4, 0.5) is 0 Å². The number of esters is 1. The summed E-state index contributed by atoms with van der Waals surface area (Å²) in [7, 11) is 0. The highest BCUT2D eigenvalue weighted by atomic mass is 16.5. The number of Topliss-reactive ketones (excluding diaryl/α,β-unsaturated/α-hetero) is 1. The predicted octanol–water partition coefficient (Wildman–Crippen LogP) is 2.94. The van der Waals surface area contributed by atoms with E-state index >= 15 is 0 Å². The van der Waals surface area contributed by atoms with Gasteiger partial charge in [-0.05, 0) is 25.3 Å². The largest absolute Gasteiger partial charge is 0.454 e. The third-order valence-corrected chi connectivity index (χ3v) is 3.93. The minimum atomic E-state index is -0.741. The SMILES string of the molecule is C[C@H](OC(=O)[C@@H]1C[C@@H]1C)C(=O)c1c[nH]c2ccccc12. The van der Waals surface area contributed by atoms with Crippen molar-refractivity contribution in [1.82, 2.24) is 4.98 Å². The first-order valence-electron chi connectivity index (χ1n) is 6.88. The van der Waals surface area contributed by atoms with Crippen molar-refractivity contribution in [3.05, 3.63) is 36.0 Å². The van der Waals surface area contributed by atoms with E-state index in [1.807, 2.05) is 31.2 Å². The van der Waals surface area contributed by atoms with Crippen LogP contribution in [-0.4, -0.2) is 22.8 Å². The van der Waals surface area contributed by atoms with Gasteiger partial charge in [0, 0.05) is 22.7 Å². The van der Waals surface area contributed by atoms with Crippen LogP contribution in [0.25, 0.3) is 10.9 Å². The maximum absolute atomic E-state index is 12.4. The first-order valence-corrected chi connectivity index (χ1v) is 6.88. The highest BCUT2D eigenvalue weighted by Crippen LogP contribution is 2.39. The smallest absolute Gasteiger partial charge is 0.309 e. The molecule has 3 atom stereocenters. The number of nitrogens with one attached hydrogen (secondary N) is 1. The van der Waals surface area contributed by atoms with Gasteiger partial charge in [-0.15, -0.1) is 0 Å². The van der Waals surface area contributed by atoms with Crippen molar-refractivity contribution in [2.24, 2.45) is 11.8 Å². The number of aromatic amines is 1. The molecule has 0 amide bonds. The minimum absolute atomic E-state index is 0.0202. The molecule has 0 unspecified atom stereocenters. The number of para-hydroxylation sites is 1. The molecule has 1 aliphatic carbocycles. The fourth-order valence-corrected chi connectivity index (χ4v) is 2.46. The van der Waals surface area contributed by atoms with Gasteiger partial charge in [0.05, 0.1) is 5.92 Å². The summed E-state index contributed by atoms with van der Waals surface area (Å²) in [6.45, 7) is 3.65. The lowest BCUT2D eigenvalue weighted by Crippen LogP contribution is -2.25. The molecule has 0 bridgehead atoms. The summed E-state index contributed by atoms with van der Waals surface area (Å²) in [5.74, 6) is -0.0478. The quantitative estimate of drug-likeness (QED) is 0.687. The molecular formula is C16H17NO3. The molecule has 20 heavy (non-hydrogen) atoms. The van der Waals surface area contributed by atoms with Crippen LogP contribution >= 0.6 is 0 Å². The molecule has 0 radical (unpaired) electrons. The summed E-state index contributed by atoms with van der Waals surface area (Å²) in [6, 6.07) is 7.59. The number of carbonyl (C=O) groups excluding carboxylic acids is 2. The summed E-state index contributed by atoms with van der Waals surface area (Å²) >= 11 is 0. The first-order chi connectivity index (χ1) is 9.58. The van der Waals surface area contributed by atoms with Crippen LogP contribution in [0.3, 0.4) is 0 Å². The Morgan fingerprint density at radius 1 is 1.35 bits per heavy atom. The van der Waals surface area contributed by atoms with E-state index < -0.39 is 6.10 Å². The Morgan fingerprint density at radius 3 is 2.75 bits per heavy atom. The van der Waals surface area contributed by atoms with Crippen molar-refractivity contribution in [2.75, 3.05) is 0 Å². The molecule has 3 rings (SSSR count). The van der Waals surface area contributed by atoms with E-state index in [2.05, 4.69) is 4.98 Å². The summed E-state index contributed by atoms with van der Waals surface area (Å²) in [5.41, 5.74) is 1.48. The molecule has 1 aromatic heterocycles. The standard InChI is InChI=1S/C16H17NO3/c1-9-7-12(9)16(19)20-10(2)15(18)13-8-17-14-6-4-3-5-11(13)14/h3-6,8-10,12,17H,7H2,1-2H3/t9-,10-,12+/m0/s1. The van der Waals surface area contributed by atoms with Crippen LogP contribution in [0.5, 0.6) is 0 Å². The van der Waals surface area contributed by atoms with Gasteiger partial charge in [-0.1, -0.05) is 25.1 Å². The molecule has 1 aromatic carbocycles. The fraction of sp³-hybridized carbons (Fsp3) is 0.375. The molecule has 1 fully saturated rings. The number of fused-ring (bicyclic) bond motifs is 1. The Balaban J connectivity index is 1.76. The second-order valence-corrected chi connectivity index (χ2v) is 5.51. The van der Waals surface area contributed by atoms with E-state index in [0.29, 0.717) is 11.5 Å². The van der Waals surface area contributed by atoms with Gasteiger partial charge in [0.25, 0.3) is 0 Å². The van der Waals surface area contributed by atoms with Crippen molar-refractivity contribution >= 4 is 22.7 Å². The summed E-state index contributed by atoms with van der Waals surface area (Å²) < 4.78 is 5.28. The van der Waals surface area contributed by atoms with E-state index in [4.69, 9.17) is 4.74 Å². The lowest BCUT2D eigenvalue weighted by Gasteiger charge is -2.11. The normalized spacial score (nSPS) is 22.5. The van der Waals surface area contributed by atoms with Gasteiger partial charge in [-0.3, -0.25) is 9.59 Å². The number of hydrogen-bond donors (Lipinski definition) is 1. The van der Waals surface area contributed by atoms with Crippen LogP contribution in [0.1, 0.15) is 30.6 Å². The summed E-state index contributed by atoms with van der Waals surface area (Å²) in [5, 5.41) is 0.861. The van der Waals surface area contributed by atoms with Crippen molar-refractivity contribution in [3.63, 3.8) is 0 Å². The van der Waals surface area contributed by atoms with E-state index in [-0.39, 0.29) is 17.7 Å². The van der Waals surface area contributed by atoms with E-state index in [1.165, 1.54) is 0 Å². The number of benzene rings is 1. The van der Waals surface area contributed by atoms with Crippen LogP contribution in [0.2, 0.25) is 0 Å². The van der Waals surface area contributed by atoms with Crippen LogP contribution in [0, 0.1) is 11.8 Å². The van der Waals surface area contributed by atoms with Gasteiger partial charge in [-0.2, -0.15) is 0 Å². The molecule has 1 saturated carbocycles. The molecular weight excluding hydrogens is 254 g/mol. The Morgan fingerprint density at radius 2 is 2.05 bits per heavy atom. The number of ketones is 1. The number of carbonyl (C=O) groups is 2. The molecule has 0 aliphatic heterocycles. The summed E-state index contributed by atoms with van der Waals surface area (Å²) in [4.78, 5) is 27.2.